The standard InChI is InChI=1S/C16H18N6O3/c1-10-18-15(25-21-10)13(11-3-7-24-8-4-11)20-14(23)12-9-22-6-2-5-17-16(22)19-12/h2,5-6,9,11,13H,3-4,7-8H2,1H3,(H,20,23)/t13-/m0/s1. The lowest BCUT2D eigenvalue weighted by molar-refractivity contribution is 0.0467. The number of nitrogens with zero attached hydrogens (tertiary/aromatic N) is 5. The Morgan fingerprint density at radius 3 is 2.92 bits per heavy atom. The van der Waals surface area contributed by atoms with Gasteiger partial charge in [0, 0.05) is 31.8 Å². The first-order chi connectivity index (χ1) is 12.2. The third-order valence-corrected chi connectivity index (χ3v) is 4.30. The zero-order valence-corrected chi connectivity index (χ0v) is 13.8. The lowest BCUT2D eigenvalue weighted by atomic mass is 9.91. The molecule has 25 heavy (non-hydrogen) atoms. The van der Waals surface area contributed by atoms with Crippen LogP contribution >= 0.6 is 0 Å². The minimum atomic E-state index is -0.365. The molecule has 4 rings (SSSR count). The molecule has 1 fully saturated rings. The van der Waals surface area contributed by atoms with Crippen molar-refractivity contribution < 1.29 is 14.1 Å². The molecule has 130 valence electrons. The second-order valence-electron chi connectivity index (χ2n) is 6.03. The Morgan fingerprint density at radius 1 is 1.36 bits per heavy atom. The number of ether oxygens (including phenoxy) is 1. The van der Waals surface area contributed by atoms with Crippen molar-refractivity contribution in [3.8, 4) is 0 Å². The molecule has 3 aromatic rings. The normalized spacial score (nSPS) is 16.8. The molecule has 1 amide bonds. The van der Waals surface area contributed by atoms with Gasteiger partial charge in [0.2, 0.25) is 11.7 Å². The summed E-state index contributed by atoms with van der Waals surface area (Å²) in [6.45, 7) is 3.06. The molecule has 9 heteroatoms. The molecule has 1 N–H and O–H groups in total. The summed E-state index contributed by atoms with van der Waals surface area (Å²) in [5.74, 6) is 1.31. The van der Waals surface area contributed by atoms with E-state index in [2.05, 4.69) is 25.4 Å². The van der Waals surface area contributed by atoms with Gasteiger partial charge >= 0.3 is 0 Å². The Morgan fingerprint density at radius 2 is 2.20 bits per heavy atom. The fraction of sp³-hybridized carbons (Fsp3) is 0.438. The van der Waals surface area contributed by atoms with Crippen LogP contribution in [-0.2, 0) is 4.74 Å². The second-order valence-corrected chi connectivity index (χ2v) is 6.03. The topological polar surface area (TPSA) is 107 Å². The Balaban J connectivity index is 1.59. The zero-order valence-electron chi connectivity index (χ0n) is 13.8. The average molecular weight is 342 g/mol. The number of carbonyl (C=O) groups is 1. The highest BCUT2D eigenvalue weighted by Crippen LogP contribution is 2.29. The van der Waals surface area contributed by atoms with E-state index in [0.717, 1.165) is 12.8 Å². The van der Waals surface area contributed by atoms with Gasteiger partial charge in [-0.1, -0.05) is 5.16 Å². The third kappa shape index (κ3) is 3.22. The first-order valence-electron chi connectivity index (χ1n) is 8.19. The maximum atomic E-state index is 12.7. The maximum absolute atomic E-state index is 12.7. The van der Waals surface area contributed by atoms with E-state index in [9.17, 15) is 4.79 Å². The van der Waals surface area contributed by atoms with Crippen molar-refractivity contribution in [1.29, 1.82) is 0 Å². The molecule has 4 heterocycles. The van der Waals surface area contributed by atoms with Crippen LogP contribution in [0.4, 0.5) is 0 Å². The number of rotatable bonds is 4. The van der Waals surface area contributed by atoms with E-state index in [1.807, 2.05) is 0 Å². The number of carbonyl (C=O) groups excluding carboxylic acids is 1. The number of nitrogens with one attached hydrogen (secondary N) is 1. The molecule has 1 aliphatic heterocycles. The van der Waals surface area contributed by atoms with Crippen molar-refractivity contribution in [2.24, 2.45) is 5.92 Å². The first kappa shape index (κ1) is 15.7. The largest absolute Gasteiger partial charge is 0.381 e. The van der Waals surface area contributed by atoms with Gasteiger partial charge in [0.25, 0.3) is 5.91 Å². The van der Waals surface area contributed by atoms with Crippen molar-refractivity contribution in [2.45, 2.75) is 25.8 Å². The summed E-state index contributed by atoms with van der Waals surface area (Å²) in [4.78, 5) is 25.4. The van der Waals surface area contributed by atoms with E-state index >= 15 is 0 Å². The van der Waals surface area contributed by atoms with Crippen LogP contribution in [0.5, 0.6) is 0 Å². The molecule has 0 spiro atoms. The predicted molar refractivity (Wildman–Crippen MR) is 85.8 cm³/mol. The second kappa shape index (κ2) is 6.60. The lowest BCUT2D eigenvalue weighted by Crippen LogP contribution is -2.36. The fourth-order valence-corrected chi connectivity index (χ4v) is 3.02. The van der Waals surface area contributed by atoms with Crippen molar-refractivity contribution in [1.82, 2.24) is 29.8 Å². The van der Waals surface area contributed by atoms with Gasteiger partial charge in [0.15, 0.2) is 5.82 Å². The monoisotopic (exact) mass is 342 g/mol. The van der Waals surface area contributed by atoms with Gasteiger partial charge in [-0.2, -0.15) is 4.98 Å². The average Bonchev–Trinajstić information content (AvgIpc) is 3.26. The van der Waals surface area contributed by atoms with Crippen LogP contribution in [0.3, 0.4) is 0 Å². The fourth-order valence-electron chi connectivity index (χ4n) is 3.02. The highest BCUT2D eigenvalue weighted by atomic mass is 16.5. The molecule has 9 nitrogen and oxygen atoms in total. The molecule has 0 aliphatic carbocycles. The van der Waals surface area contributed by atoms with E-state index in [4.69, 9.17) is 9.26 Å². The summed E-state index contributed by atoms with van der Waals surface area (Å²) in [6, 6.07) is 1.41. The summed E-state index contributed by atoms with van der Waals surface area (Å²) in [7, 11) is 0. The lowest BCUT2D eigenvalue weighted by Gasteiger charge is -2.28. The Kier molecular flexibility index (Phi) is 4.14. The Hall–Kier alpha value is -2.81. The number of amides is 1. The number of fused-ring (bicyclic) bond motifs is 1. The van der Waals surface area contributed by atoms with Crippen molar-refractivity contribution in [3.05, 3.63) is 42.1 Å². The minimum Gasteiger partial charge on any atom is -0.381 e. The molecule has 0 unspecified atom stereocenters. The molecule has 0 bridgehead atoms. The van der Waals surface area contributed by atoms with Gasteiger partial charge in [-0.15, -0.1) is 0 Å². The maximum Gasteiger partial charge on any atom is 0.272 e. The molecule has 1 saturated heterocycles. The van der Waals surface area contributed by atoms with Crippen LogP contribution in [-0.4, -0.2) is 43.6 Å². The highest BCUT2D eigenvalue weighted by molar-refractivity contribution is 5.92. The van der Waals surface area contributed by atoms with Crippen LogP contribution in [0.25, 0.3) is 5.78 Å². The Labute approximate surface area is 143 Å². The SMILES string of the molecule is Cc1noc([C@@H](NC(=O)c2cn3cccnc3n2)C2CCOCC2)n1. The van der Waals surface area contributed by atoms with Crippen LogP contribution in [0.1, 0.15) is 41.1 Å². The van der Waals surface area contributed by atoms with Gasteiger partial charge < -0.3 is 14.6 Å². The molecular weight excluding hydrogens is 324 g/mol. The van der Waals surface area contributed by atoms with Crippen LogP contribution in [0.15, 0.2) is 29.2 Å². The van der Waals surface area contributed by atoms with Crippen LogP contribution in [0.2, 0.25) is 0 Å². The van der Waals surface area contributed by atoms with E-state index in [1.54, 1.807) is 36.0 Å². The first-order valence-corrected chi connectivity index (χ1v) is 8.19. The summed E-state index contributed by atoms with van der Waals surface area (Å²) in [6.07, 6.45) is 6.72. The van der Waals surface area contributed by atoms with Crippen molar-refractivity contribution in [3.63, 3.8) is 0 Å². The van der Waals surface area contributed by atoms with Gasteiger partial charge in [-0.05, 0) is 31.7 Å². The molecule has 0 saturated carbocycles. The summed E-state index contributed by atoms with van der Waals surface area (Å²) in [5.41, 5.74) is 0.298. The van der Waals surface area contributed by atoms with Gasteiger partial charge in [0.1, 0.15) is 11.7 Å². The van der Waals surface area contributed by atoms with E-state index in [-0.39, 0.29) is 17.9 Å². The number of hydrogen-bond donors (Lipinski definition) is 1. The number of aromatic nitrogens is 5. The Bertz CT molecular complexity index is 850. The molecule has 0 radical (unpaired) electrons. The van der Waals surface area contributed by atoms with Crippen LogP contribution < -0.4 is 5.32 Å². The van der Waals surface area contributed by atoms with E-state index in [0.29, 0.717) is 36.4 Å². The van der Waals surface area contributed by atoms with Crippen molar-refractivity contribution in [2.75, 3.05) is 13.2 Å². The van der Waals surface area contributed by atoms with Crippen molar-refractivity contribution >= 4 is 11.7 Å². The smallest absolute Gasteiger partial charge is 0.272 e. The van der Waals surface area contributed by atoms with Gasteiger partial charge in [-0.25, -0.2) is 9.97 Å². The van der Waals surface area contributed by atoms with Gasteiger partial charge in [-0.3, -0.25) is 9.20 Å². The third-order valence-electron chi connectivity index (χ3n) is 4.30. The molecular formula is C16H18N6O3. The minimum absolute atomic E-state index is 0.174. The molecule has 1 atom stereocenters. The van der Waals surface area contributed by atoms with Crippen LogP contribution in [0, 0.1) is 12.8 Å². The number of hydrogen-bond acceptors (Lipinski definition) is 7. The van der Waals surface area contributed by atoms with Gasteiger partial charge in [0.05, 0.1) is 0 Å². The molecule has 0 aromatic carbocycles. The number of aryl methyl sites for hydroxylation is 1. The number of imidazole rings is 1. The molecule has 3 aromatic heterocycles. The molecule has 1 aliphatic rings. The van der Waals surface area contributed by atoms with E-state index < -0.39 is 0 Å². The predicted octanol–water partition coefficient (Wildman–Crippen LogP) is 1.32. The van der Waals surface area contributed by atoms with E-state index in [1.165, 1.54) is 0 Å². The summed E-state index contributed by atoms with van der Waals surface area (Å²) in [5, 5.41) is 6.85. The zero-order chi connectivity index (χ0) is 17.2. The highest BCUT2D eigenvalue weighted by Gasteiger charge is 2.32. The summed E-state index contributed by atoms with van der Waals surface area (Å²) >= 11 is 0. The summed E-state index contributed by atoms with van der Waals surface area (Å²) < 4.78 is 12.4. The quantitative estimate of drug-likeness (QED) is 0.762.